The van der Waals surface area contributed by atoms with E-state index < -0.39 is 0 Å². The molecule has 0 spiro atoms. The van der Waals surface area contributed by atoms with Crippen LogP contribution in [0, 0.1) is 6.92 Å². The van der Waals surface area contributed by atoms with Crippen LogP contribution in [0.3, 0.4) is 0 Å². The van der Waals surface area contributed by atoms with Gasteiger partial charge in [-0.05, 0) is 42.7 Å². The molecule has 2 aromatic carbocycles. The Hall–Kier alpha value is -2.69. The summed E-state index contributed by atoms with van der Waals surface area (Å²) in [6.45, 7) is 4.80. The van der Waals surface area contributed by atoms with Gasteiger partial charge in [0.1, 0.15) is 0 Å². The highest BCUT2D eigenvalue weighted by molar-refractivity contribution is 5.74. The van der Waals surface area contributed by atoms with E-state index in [1.54, 1.807) is 11.9 Å². The molecule has 0 aromatic heterocycles. The Balaban J connectivity index is 1.61. The van der Waals surface area contributed by atoms with Crippen molar-refractivity contribution in [3.05, 3.63) is 59.2 Å². The summed E-state index contributed by atoms with van der Waals surface area (Å²) >= 11 is 0. The summed E-state index contributed by atoms with van der Waals surface area (Å²) < 4.78 is 10.7. The SMILES string of the molecule is Cc1ccccc1C(C)NC(=O)N(C)Cc1ccc2c(c1)OCO2. The molecule has 0 bridgehead atoms. The van der Waals surface area contributed by atoms with Crippen molar-refractivity contribution >= 4 is 6.03 Å². The maximum absolute atomic E-state index is 12.4. The number of benzene rings is 2. The van der Waals surface area contributed by atoms with E-state index in [-0.39, 0.29) is 18.9 Å². The van der Waals surface area contributed by atoms with E-state index in [4.69, 9.17) is 9.47 Å². The second-order valence-electron chi connectivity index (χ2n) is 6.07. The summed E-state index contributed by atoms with van der Waals surface area (Å²) in [5, 5.41) is 3.04. The largest absolute Gasteiger partial charge is 0.454 e. The molecular weight excluding hydrogens is 304 g/mol. The highest BCUT2D eigenvalue weighted by atomic mass is 16.7. The monoisotopic (exact) mass is 326 g/mol. The van der Waals surface area contributed by atoms with E-state index in [2.05, 4.69) is 5.32 Å². The van der Waals surface area contributed by atoms with Gasteiger partial charge in [0.05, 0.1) is 6.04 Å². The van der Waals surface area contributed by atoms with Gasteiger partial charge in [-0.1, -0.05) is 30.3 Å². The molecule has 2 aromatic rings. The van der Waals surface area contributed by atoms with Crippen LogP contribution in [0.4, 0.5) is 4.79 Å². The first-order valence-electron chi connectivity index (χ1n) is 8.00. The van der Waals surface area contributed by atoms with Crippen LogP contribution in [0.25, 0.3) is 0 Å². The maximum Gasteiger partial charge on any atom is 0.317 e. The van der Waals surface area contributed by atoms with E-state index in [0.29, 0.717) is 6.54 Å². The fourth-order valence-electron chi connectivity index (χ4n) is 2.83. The molecule has 5 heteroatoms. The smallest absolute Gasteiger partial charge is 0.317 e. The molecule has 3 rings (SSSR count). The second-order valence-corrected chi connectivity index (χ2v) is 6.07. The maximum atomic E-state index is 12.4. The first-order valence-corrected chi connectivity index (χ1v) is 8.00. The Bertz CT molecular complexity index is 745. The zero-order valence-corrected chi connectivity index (χ0v) is 14.2. The van der Waals surface area contributed by atoms with Crippen LogP contribution in [0.1, 0.15) is 29.7 Å². The highest BCUT2D eigenvalue weighted by Gasteiger charge is 2.17. The van der Waals surface area contributed by atoms with E-state index >= 15 is 0 Å². The number of aryl methyl sites for hydroxylation is 1. The lowest BCUT2D eigenvalue weighted by Gasteiger charge is -2.22. The molecule has 1 N–H and O–H groups in total. The fraction of sp³-hybridized carbons (Fsp3) is 0.316. The van der Waals surface area contributed by atoms with Gasteiger partial charge in [-0.2, -0.15) is 0 Å². The van der Waals surface area contributed by atoms with Gasteiger partial charge in [0.15, 0.2) is 11.5 Å². The second kappa shape index (κ2) is 6.83. The Morgan fingerprint density at radius 3 is 2.75 bits per heavy atom. The number of carbonyl (C=O) groups is 1. The van der Waals surface area contributed by atoms with Crippen LogP contribution in [0.2, 0.25) is 0 Å². The summed E-state index contributed by atoms with van der Waals surface area (Å²) in [6.07, 6.45) is 0. The predicted molar refractivity (Wildman–Crippen MR) is 92.2 cm³/mol. The molecule has 2 amide bonds. The number of hydrogen-bond donors (Lipinski definition) is 1. The third kappa shape index (κ3) is 3.45. The molecule has 24 heavy (non-hydrogen) atoms. The van der Waals surface area contributed by atoms with Crippen molar-refractivity contribution in [1.82, 2.24) is 10.2 Å². The van der Waals surface area contributed by atoms with E-state index in [1.807, 2.05) is 56.3 Å². The van der Waals surface area contributed by atoms with Crippen LogP contribution in [0.5, 0.6) is 11.5 Å². The third-order valence-corrected chi connectivity index (χ3v) is 4.20. The summed E-state index contributed by atoms with van der Waals surface area (Å²) in [5.41, 5.74) is 3.30. The summed E-state index contributed by atoms with van der Waals surface area (Å²) in [7, 11) is 1.78. The number of carbonyl (C=O) groups excluding carboxylic acids is 1. The van der Waals surface area contributed by atoms with Crippen molar-refractivity contribution in [2.45, 2.75) is 26.4 Å². The standard InChI is InChI=1S/C19H22N2O3/c1-13-6-4-5-7-16(13)14(2)20-19(22)21(3)11-15-8-9-17-18(10-15)24-12-23-17/h4-10,14H,11-12H2,1-3H3,(H,20,22). The molecule has 126 valence electrons. The first-order chi connectivity index (χ1) is 11.5. The Kier molecular flexibility index (Phi) is 4.60. The van der Waals surface area contributed by atoms with Crippen molar-refractivity contribution in [3.8, 4) is 11.5 Å². The number of hydrogen-bond acceptors (Lipinski definition) is 3. The van der Waals surface area contributed by atoms with Gasteiger partial charge in [0, 0.05) is 13.6 Å². The van der Waals surface area contributed by atoms with Crippen LogP contribution in [-0.4, -0.2) is 24.8 Å². The minimum atomic E-state index is -0.108. The fourth-order valence-corrected chi connectivity index (χ4v) is 2.83. The van der Waals surface area contributed by atoms with Crippen LogP contribution in [0.15, 0.2) is 42.5 Å². The zero-order chi connectivity index (χ0) is 17.1. The van der Waals surface area contributed by atoms with E-state index in [9.17, 15) is 4.79 Å². The van der Waals surface area contributed by atoms with Crippen LogP contribution in [-0.2, 0) is 6.54 Å². The molecule has 0 radical (unpaired) electrons. The summed E-state index contributed by atoms with van der Waals surface area (Å²) in [6, 6.07) is 13.7. The van der Waals surface area contributed by atoms with Crippen LogP contribution < -0.4 is 14.8 Å². The minimum absolute atomic E-state index is 0.0436. The molecule has 0 saturated heterocycles. The molecule has 1 unspecified atom stereocenters. The number of amides is 2. The lowest BCUT2D eigenvalue weighted by Crippen LogP contribution is -2.38. The third-order valence-electron chi connectivity index (χ3n) is 4.20. The molecular formula is C19H22N2O3. The Morgan fingerprint density at radius 2 is 1.96 bits per heavy atom. The van der Waals surface area contributed by atoms with Gasteiger partial charge in [-0.25, -0.2) is 4.79 Å². The average Bonchev–Trinajstić information content (AvgIpc) is 3.02. The van der Waals surface area contributed by atoms with Gasteiger partial charge >= 0.3 is 6.03 Å². The van der Waals surface area contributed by atoms with Gasteiger partial charge < -0.3 is 19.7 Å². The number of fused-ring (bicyclic) bond motifs is 1. The highest BCUT2D eigenvalue weighted by Crippen LogP contribution is 2.32. The van der Waals surface area contributed by atoms with Gasteiger partial charge in [0.25, 0.3) is 0 Å². The van der Waals surface area contributed by atoms with Crippen molar-refractivity contribution < 1.29 is 14.3 Å². The van der Waals surface area contributed by atoms with Gasteiger partial charge in [-0.15, -0.1) is 0 Å². The molecule has 0 saturated carbocycles. The van der Waals surface area contributed by atoms with E-state index in [1.165, 1.54) is 5.56 Å². The van der Waals surface area contributed by atoms with Gasteiger partial charge in [-0.3, -0.25) is 0 Å². The number of nitrogens with zero attached hydrogens (tertiary/aromatic N) is 1. The molecule has 1 aliphatic heterocycles. The van der Waals surface area contributed by atoms with Crippen molar-refractivity contribution in [2.75, 3.05) is 13.8 Å². The summed E-state index contributed by atoms with van der Waals surface area (Å²) in [4.78, 5) is 14.1. The normalized spacial score (nSPS) is 13.5. The summed E-state index contributed by atoms with van der Waals surface area (Å²) in [5.74, 6) is 1.48. The lowest BCUT2D eigenvalue weighted by molar-refractivity contribution is 0.174. The van der Waals surface area contributed by atoms with Crippen molar-refractivity contribution in [3.63, 3.8) is 0 Å². The topological polar surface area (TPSA) is 50.8 Å². The first kappa shape index (κ1) is 16.2. The van der Waals surface area contributed by atoms with Gasteiger partial charge in [0.2, 0.25) is 6.79 Å². The number of urea groups is 1. The molecule has 1 aliphatic rings. The quantitative estimate of drug-likeness (QED) is 0.933. The molecule has 5 nitrogen and oxygen atoms in total. The van der Waals surface area contributed by atoms with Crippen LogP contribution >= 0.6 is 0 Å². The average molecular weight is 326 g/mol. The number of rotatable bonds is 4. The number of nitrogens with one attached hydrogen (secondary N) is 1. The van der Waals surface area contributed by atoms with Crippen molar-refractivity contribution in [1.29, 1.82) is 0 Å². The number of ether oxygens (including phenoxy) is 2. The van der Waals surface area contributed by atoms with Crippen molar-refractivity contribution in [2.24, 2.45) is 0 Å². The minimum Gasteiger partial charge on any atom is -0.454 e. The molecule has 1 heterocycles. The van der Waals surface area contributed by atoms with E-state index in [0.717, 1.165) is 22.6 Å². The molecule has 1 atom stereocenters. The zero-order valence-electron chi connectivity index (χ0n) is 14.2. The molecule has 0 fully saturated rings. The lowest BCUT2D eigenvalue weighted by atomic mass is 10.0. The Morgan fingerprint density at radius 1 is 1.21 bits per heavy atom. The molecule has 0 aliphatic carbocycles. The predicted octanol–water partition coefficient (Wildman–Crippen LogP) is 3.63. The Labute approximate surface area is 142 Å².